The molecule has 122 valence electrons. The van der Waals surface area contributed by atoms with Crippen LogP contribution < -0.4 is 0 Å². The minimum absolute atomic E-state index is 0.0630. The molecule has 0 fully saturated rings. The van der Waals surface area contributed by atoms with Gasteiger partial charge in [-0.3, -0.25) is 0 Å². The summed E-state index contributed by atoms with van der Waals surface area (Å²) in [4.78, 5) is 4.70. The molecule has 1 nitrogen and oxygen atoms in total. The van der Waals surface area contributed by atoms with Crippen LogP contribution in [-0.2, 0) is 5.41 Å². The smallest absolute Gasteiger partial charge is 0.123 e. The van der Waals surface area contributed by atoms with Gasteiger partial charge in [-0.25, -0.2) is 13.8 Å². The summed E-state index contributed by atoms with van der Waals surface area (Å²) in [6, 6.07) is 16.7. The molecule has 3 aromatic rings. The zero-order valence-corrected chi connectivity index (χ0v) is 14.0. The van der Waals surface area contributed by atoms with Gasteiger partial charge in [-0.1, -0.05) is 20.8 Å². The number of rotatable bonds is 2. The average molecular weight is 323 g/mol. The maximum Gasteiger partial charge on any atom is 0.123 e. The Morgan fingerprint density at radius 2 is 1.04 bits per heavy atom. The highest BCUT2D eigenvalue weighted by atomic mass is 19.1. The predicted octanol–water partition coefficient (Wildman–Crippen LogP) is 5.99. The average Bonchev–Trinajstić information content (AvgIpc) is 2.55. The van der Waals surface area contributed by atoms with Crippen molar-refractivity contribution in [1.82, 2.24) is 4.98 Å². The maximum atomic E-state index is 13.2. The van der Waals surface area contributed by atoms with Gasteiger partial charge in [-0.05, 0) is 71.6 Å². The third-order valence-electron chi connectivity index (χ3n) is 3.97. The third-order valence-corrected chi connectivity index (χ3v) is 3.97. The summed E-state index contributed by atoms with van der Waals surface area (Å²) in [5.41, 5.74) is 4.32. The number of pyridine rings is 1. The molecule has 0 atom stereocenters. The fraction of sp³-hybridized carbons (Fsp3) is 0.190. The Morgan fingerprint density at radius 1 is 0.667 bits per heavy atom. The molecule has 1 aromatic heterocycles. The second-order valence-corrected chi connectivity index (χ2v) is 6.89. The van der Waals surface area contributed by atoms with Gasteiger partial charge in [-0.2, -0.15) is 0 Å². The fourth-order valence-electron chi connectivity index (χ4n) is 2.50. The lowest BCUT2D eigenvalue weighted by atomic mass is 9.85. The predicted molar refractivity (Wildman–Crippen MR) is 93.7 cm³/mol. The van der Waals surface area contributed by atoms with Crippen LogP contribution in [0.1, 0.15) is 26.3 Å². The summed E-state index contributed by atoms with van der Waals surface area (Å²) in [5, 5.41) is 0. The van der Waals surface area contributed by atoms with Gasteiger partial charge in [0.2, 0.25) is 0 Å². The van der Waals surface area contributed by atoms with Crippen LogP contribution in [0.15, 0.2) is 60.7 Å². The molecular weight excluding hydrogens is 304 g/mol. The Morgan fingerprint density at radius 3 is 1.38 bits per heavy atom. The first-order valence-corrected chi connectivity index (χ1v) is 7.87. The molecule has 0 bridgehead atoms. The van der Waals surface area contributed by atoms with Crippen molar-refractivity contribution >= 4 is 0 Å². The first-order valence-electron chi connectivity index (χ1n) is 7.87. The molecule has 0 amide bonds. The number of aromatic nitrogens is 1. The van der Waals surface area contributed by atoms with E-state index in [-0.39, 0.29) is 17.0 Å². The van der Waals surface area contributed by atoms with Gasteiger partial charge in [0.05, 0.1) is 11.4 Å². The number of hydrogen-bond acceptors (Lipinski definition) is 1. The highest BCUT2D eigenvalue weighted by Gasteiger charge is 2.17. The second-order valence-electron chi connectivity index (χ2n) is 6.89. The van der Waals surface area contributed by atoms with E-state index in [4.69, 9.17) is 4.98 Å². The molecular formula is C21H19F2N. The number of benzene rings is 2. The molecule has 2 aromatic carbocycles. The summed E-state index contributed by atoms with van der Waals surface area (Å²) < 4.78 is 26.4. The molecule has 3 rings (SSSR count). The molecule has 0 N–H and O–H groups in total. The number of nitrogens with zero attached hydrogens (tertiary/aromatic N) is 1. The molecule has 0 radical (unpaired) electrons. The van der Waals surface area contributed by atoms with E-state index in [0.717, 1.165) is 28.1 Å². The summed E-state index contributed by atoms with van der Waals surface area (Å²) in [6.07, 6.45) is 0. The van der Waals surface area contributed by atoms with Crippen molar-refractivity contribution in [1.29, 1.82) is 0 Å². The summed E-state index contributed by atoms with van der Waals surface area (Å²) >= 11 is 0. The minimum atomic E-state index is -0.274. The summed E-state index contributed by atoms with van der Waals surface area (Å²) in [6.45, 7) is 6.39. The highest BCUT2D eigenvalue weighted by molar-refractivity contribution is 5.68. The molecule has 0 unspecified atom stereocenters. The molecule has 0 saturated carbocycles. The van der Waals surface area contributed by atoms with Crippen LogP contribution in [0.5, 0.6) is 0 Å². The maximum absolute atomic E-state index is 13.2. The van der Waals surface area contributed by atoms with E-state index in [2.05, 4.69) is 20.8 Å². The second kappa shape index (κ2) is 6.16. The van der Waals surface area contributed by atoms with Crippen molar-refractivity contribution in [2.75, 3.05) is 0 Å². The van der Waals surface area contributed by atoms with E-state index in [9.17, 15) is 8.78 Å². The van der Waals surface area contributed by atoms with Gasteiger partial charge >= 0.3 is 0 Å². The molecule has 3 heteroatoms. The Kier molecular flexibility index (Phi) is 4.18. The van der Waals surface area contributed by atoms with E-state index >= 15 is 0 Å². The molecule has 0 spiro atoms. The standard InChI is InChI=1S/C21H19F2N/c1-21(2,3)16-12-19(14-4-8-17(22)9-5-14)24-20(13-16)15-6-10-18(23)11-7-15/h4-13H,1-3H3. The van der Waals surface area contributed by atoms with Crippen LogP contribution in [0.2, 0.25) is 0 Å². The van der Waals surface area contributed by atoms with Crippen LogP contribution in [0.4, 0.5) is 8.78 Å². The van der Waals surface area contributed by atoms with Crippen LogP contribution in [0, 0.1) is 11.6 Å². The zero-order valence-electron chi connectivity index (χ0n) is 14.0. The highest BCUT2D eigenvalue weighted by Crippen LogP contribution is 2.31. The normalized spacial score (nSPS) is 11.5. The Balaban J connectivity index is 2.17. The molecule has 0 aliphatic heterocycles. The summed E-state index contributed by atoms with van der Waals surface area (Å²) in [7, 11) is 0. The van der Waals surface area contributed by atoms with Crippen LogP contribution >= 0.6 is 0 Å². The topological polar surface area (TPSA) is 12.9 Å². The Labute approximate surface area is 141 Å². The SMILES string of the molecule is CC(C)(C)c1cc(-c2ccc(F)cc2)nc(-c2ccc(F)cc2)c1. The number of halogens is 2. The lowest BCUT2D eigenvalue weighted by Gasteiger charge is -2.21. The van der Waals surface area contributed by atoms with Crippen molar-refractivity contribution < 1.29 is 8.78 Å². The van der Waals surface area contributed by atoms with Gasteiger partial charge in [-0.15, -0.1) is 0 Å². The van der Waals surface area contributed by atoms with Gasteiger partial charge in [0, 0.05) is 11.1 Å². The van der Waals surface area contributed by atoms with E-state index in [0.29, 0.717) is 0 Å². The number of hydrogen-bond donors (Lipinski definition) is 0. The van der Waals surface area contributed by atoms with Crippen LogP contribution in [0.3, 0.4) is 0 Å². The fourth-order valence-corrected chi connectivity index (χ4v) is 2.50. The van der Waals surface area contributed by atoms with Gasteiger partial charge in [0.25, 0.3) is 0 Å². The Bertz CT molecular complexity index is 781. The molecule has 0 aliphatic carbocycles. The Hall–Kier alpha value is -2.55. The van der Waals surface area contributed by atoms with Gasteiger partial charge in [0.1, 0.15) is 11.6 Å². The quantitative estimate of drug-likeness (QED) is 0.564. The lowest BCUT2D eigenvalue weighted by Crippen LogP contribution is -2.12. The van der Waals surface area contributed by atoms with E-state index in [1.54, 1.807) is 24.3 Å². The van der Waals surface area contributed by atoms with Crippen LogP contribution in [0.25, 0.3) is 22.5 Å². The minimum Gasteiger partial charge on any atom is -0.248 e. The first kappa shape index (κ1) is 16.3. The summed E-state index contributed by atoms with van der Waals surface area (Å²) in [5.74, 6) is -0.547. The van der Waals surface area contributed by atoms with E-state index in [1.807, 2.05) is 12.1 Å². The van der Waals surface area contributed by atoms with Crippen molar-refractivity contribution in [2.45, 2.75) is 26.2 Å². The molecule has 0 aliphatic rings. The van der Waals surface area contributed by atoms with Crippen LogP contribution in [-0.4, -0.2) is 4.98 Å². The van der Waals surface area contributed by atoms with E-state index in [1.165, 1.54) is 24.3 Å². The molecule has 1 heterocycles. The van der Waals surface area contributed by atoms with Crippen molar-refractivity contribution in [3.63, 3.8) is 0 Å². The molecule has 24 heavy (non-hydrogen) atoms. The largest absolute Gasteiger partial charge is 0.248 e. The lowest BCUT2D eigenvalue weighted by molar-refractivity contribution is 0.590. The van der Waals surface area contributed by atoms with Gasteiger partial charge < -0.3 is 0 Å². The third kappa shape index (κ3) is 3.51. The first-order chi connectivity index (χ1) is 11.3. The molecule has 0 saturated heterocycles. The zero-order chi connectivity index (χ0) is 17.3. The monoisotopic (exact) mass is 323 g/mol. The van der Waals surface area contributed by atoms with Gasteiger partial charge in [0.15, 0.2) is 0 Å². The van der Waals surface area contributed by atoms with Crippen molar-refractivity contribution in [3.05, 3.63) is 77.9 Å². The van der Waals surface area contributed by atoms with E-state index < -0.39 is 0 Å². The van der Waals surface area contributed by atoms with Crippen molar-refractivity contribution in [3.8, 4) is 22.5 Å². The van der Waals surface area contributed by atoms with Crippen molar-refractivity contribution in [2.24, 2.45) is 0 Å².